The third kappa shape index (κ3) is 2.01. The van der Waals surface area contributed by atoms with Crippen molar-refractivity contribution in [3.63, 3.8) is 0 Å². The monoisotopic (exact) mass is 231 g/mol. The van der Waals surface area contributed by atoms with Crippen LogP contribution < -0.4 is 4.74 Å². The summed E-state index contributed by atoms with van der Waals surface area (Å²) in [7, 11) is 3.50. The number of para-hydroxylation sites is 1. The summed E-state index contributed by atoms with van der Waals surface area (Å²) in [6.07, 6.45) is 2.70. The van der Waals surface area contributed by atoms with E-state index < -0.39 is 5.97 Å². The maximum absolute atomic E-state index is 10.5. The molecule has 1 aromatic carbocycles. The van der Waals surface area contributed by atoms with E-state index in [1.165, 1.54) is 0 Å². The number of aromatic nitrogens is 1. The van der Waals surface area contributed by atoms with Gasteiger partial charge in [-0.3, -0.25) is 0 Å². The van der Waals surface area contributed by atoms with Crippen LogP contribution in [-0.4, -0.2) is 22.8 Å². The minimum atomic E-state index is -0.956. The van der Waals surface area contributed by atoms with Crippen molar-refractivity contribution in [3.05, 3.63) is 36.0 Å². The van der Waals surface area contributed by atoms with Gasteiger partial charge in [0.05, 0.1) is 12.6 Å². The summed E-state index contributed by atoms with van der Waals surface area (Å²) in [5.74, 6) is -0.179. The Morgan fingerprint density at radius 1 is 1.47 bits per heavy atom. The van der Waals surface area contributed by atoms with Crippen molar-refractivity contribution in [2.75, 3.05) is 7.11 Å². The van der Waals surface area contributed by atoms with Crippen LogP contribution in [0.1, 0.15) is 5.69 Å². The van der Waals surface area contributed by atoms with Crippen LogP contribution in [0, 0.1) is 0 Å². The smallest absolute Gasteiger partial charge is 0.328 e. The van der Waals surface area contributed by atoms with Gasteiger partial charge in [0, 0.05) is 24.2 Å². The molecule has 0 saturated carbocycles. The van der Waals surface area contributed by atoms with Crippen molar-refractivity contribution in [2.45, 2.75) is 0 Å². The van der Waals surface area contributed by atoms with Crippen LogP contribution >= 0.6 is 0 Å². The number of methoxy groups -OCH3 is 1. The minimum Gasteiger partial charge on any atom is -0.495 e. The number of rotatable bonds is 3. The highest BCUT2D eigenvalue weighted by atomic mass is 16.5. The summed E-state index contributed by atoms with van der Waals surface area (Å²) in [6.45, 7) is 0. The second-order valence-electron chi connectivity index (χ2n) is 3.70. The van der Waals surface area contributed by atoms with Crippen LogP contribution in [-0.2, 0) is 11.8 Å². The Morgan fingerprint density at radius 3 is 2.88 bits per heavy atom. The summed E-state index contributed by atoms with van der Waals surface area (Å²) in [5, 5.41) is 9.65. The summed E-state index contributed by atoms with van der Waals surface area (Å²) in [4.78, 5) is 10.5. The van der Waals surface area contributed by atoms with Crippen molar-refractivity contribution in [2.24, 2.45) is 7.05 Å². The zero-order chi connectivity index (χ0) is 12.4. The van der Waals surface area contributed by atoms with Crippen LogP contribution in [0.3, 0.4) is 0 Å². The molecular formula is C13H13NO3. The van der Waals surface area contributed by atoms with E-state index in [0.717, 1.165) is 28.4 Å². The van der Waals surface area contributed by atoms with Crippen molar-refractivity contribution >= 4 is 22.9 Å². The van der Waals surface area contributed by atoms with E-state index in [1.54, 1.807) is 13.2 Å². The molecule has 0 aliphatic carbocycles. The number of aliphatic carboxylic acids is 1. The van der Waals surface area contributed by atoms with E-state index in [9.17, 15) is 4.79 Å². The third-order valence-electron chi connectivity index (χ3n) is 2.67. The number of hydrogen-bond acceptors (Lipinski definition) is 2. The number of fused-ring (bicyclic) bond motifs is 1. The molecule has 2 rings (SSSR count). The van der Waals surface area contributed by atoms with Gasteiger partial charge in [0.2, 0.25) is 0 Å². The van der Waals surface area contributed by atoms with E-state index >= 15 is 0 Å². The first-order valence-corrected chi connectivity index (χ1v) is 5.17. The SMILES string of the molecule is COc1cccc2cc(/C=C/C(=O)O)n(C)c12. The number of carbonyl (C=O) groups is 1. The Labute approximate surface area is 98.7 Å². The number of aryl methyl sites for hydroxylation is 1. The molecule has 0 bridgehead atoms. The van der Waals surface area contributed by atoms with Crippen molar-refractivity contribution in [1.29, 1.82) is 0 Å². The molecule has 2 aromatic rings. The molecule has 0 saturated heterocycles. The second kappa shape index (κ2) is 4.33. The van der Waals surface area contributed by atoms with Gasteiger partial charge < -0.3 is 14.4 Å². The normalized spacial score (nSPS) is 11.2. The second-order valence-corrected chi connectivity index (χ2v) is 3.70. The molecule has 88 valence electrons. The summed E-state index contributed by atoms with van der Waals surface area (Å²) in [5.41, 5.74) is 1.78. The topological polar surface area (TPSA) is 51.5 Å². The maximum Gasteiger partial charge on any atom is 0.328 e. The van der Waals surface area contributed by atoms with Gasteiger partial charge >= 0.3 is 5.97 Å². The van der Waals surface area contributed by atoms with Crippen molar-refractivity contribution in [3.8, 4) is 5.75 Å². The van der Waals surface area contributed by atoms with Gasteiger partial charge in [-0.2, -0.15) is 0 Å². The van der Waals surface area contributed by atoms with E-state index in [0.29, 0.717) is 0 Å². The molecule has 0 radical (unpaired) electrons. The molecule has 1 heterocycles. The molecule has 0 aliphatic heterocycles. The highest BCUT2D eigenvalue weighted by molar-refractivity contribution is 5.91. The molecule has 0 aliphatic rings. The van der Waals surface area contributed by atoms with Crippen LogP contribution in [0.25, 0.3) is 17.0 Å². The Kier molecular flexibility index (Phi) is 2.87. The lowest BCUT2D eigenvalue weighted by Crippen LogP contribution is -1.94. The Bertz CT molecular complexity index is 596. The predicted octanol–water partition coefficient (Wildman–Crippen LogP) is 2.28. The summed E-state index contributed by atoms with van der Waals surface area (Å²) in [6, 6.07) is 7.69. The van der Waals surface area contributed by atoms with Crippen LogP contribution in [0.15, 0.2) is 30.3 Å². The molecule has 0 amide bonds. The number of nitrogens with zero attached hydrogens (tertiary/aromatic N) is 1. The largest absolute Gasteiger partial charge is 0.495 e. The molecule has 0 atom stereocenters. The molecule has 0 fully saturated rings. The Balaban J connectivity index is 2.61. The van der Waals surface area contributed by atoms with Crippen LogP contribution in [0.5, 0.6) is 5.75 Å². The summed E-state index contributed by atoms with van der Waals surface area (Å²) >= 11 is 0. The fourth-order valence-corrected chi connectivity index (χ4v) is 1.88. The zero-order valence-corrected chi connectivity index (χ0v) is 9.68. The lowest BCUT2D eigenvalue weighted by molar-refractivity contribution is -0.131. The molecule has 0 unspecified atom stereocenters. The minimum absolute atomic E-state index is 0.778. The number of ether oxygens (including phenoxy) is 1. The molecular weight excluding hydrogens is 218 g/mol. The van der Waals surface area contributed by atoms with Crippen molar-refractivity contribution < 1.29 is 14.6 Å². The lowest BCUT2D eigenvalue weighted by atomic mass is 10.2. The van der Waals surface area contributed by atoms with Gasteiger partial charge in [0.1, 0.15) is 5.75 Å². The lowest BCUT2D eigenvalue weighted by Gasteiger charge is -2.05. The average molecular weight is 231 g/mol. The average Bonchev–Trinajstić information content (AvgIpc) is 2.64. The Morgan fingerprint density at radius 2 is 2.24 bits per heavy atom. The van der Waals surface area contributed by atoms with E-state index in [1.807, 2.05) is 35.9 Å². The molecule has 4 nitrogen and oxygen atoms in total. The third-order valence-corrected chi connectivity index (χ3v) is 2.67. The van der Waals surface area contributed by atoms with E-state index in [4.69, 9.17) is 9.84 Å². The number of carboxylic acid groups (broad SMARTS) is 1. The standard InChI is InChI=1S/C13H13NO3/c1-14-10(6-7-12(15)16)8-9-4-3-5-11(17-2)13(9)14/h3-8H,1-2H3,(H,15,16)/b7-6+. The van der Waals surface area contributed by atoms with E-state index in [2.05, 4.69) is 0 Å². The first-order chi connectivity index (χ1) is 8.13. The first kappa shape index (κ1) is 11.3. The molecule has 1 aromatic heterocycles. The molecule has 0 spiro atoms. The molecule has 1 N–H and O–H groups in total. The number of carboxylic acids is 1. The van der Waals surface area contributed by atoms with Gasteiger partial charge in [0.15, 0.2) is 0 Å². The van der Waals surface area contributed by atoms with Crippen molar-refractivity contribution in [1.82, 2.24) is 4.57 Å². The fourth-order valence-electron chi connectivity index (χ4n) is 1.88. The van der Waals surface area contributed by atoms with Gasteiger partial charge in [0.25, 0.3) is 0 Å². The van der Waals surface area contributed by atoms with Gasteiger partial charge in [-0.25, -0.2) is 4.79 Å². The summed E-state index contributed by atoms with van der Waals surface area (Å²) < 4.78 is 7.20. The highest BCUT2D eigenvalue weighted by Gasteiger charge is 2.08. The van der Waals surface area contributed by atoms with Gasteiger partial charge in [-0.1, -0.05) is 12.1 Å². The Hall–Kier alpha value is -2.23. The number of benzene rings is 1. The zero-order valence-electron chi connectivity index (χ0n) is 9.68. The van der Waals surface area contributed by atoms with Gasteiger partial charge in [-0.15, -0.1) is 0 Å². The quantitative estimate of drug-likeness (QED) is 0.824. The maximum atomic E-state index is 10.5. The highest BCUT2D eigenvalue weighted by Crippen LogP contribution is 2.28. The first-order valence-electron chi connectivity index (χ1n) is 5.17. The number of hydrogen-bond donors (Lipinski definition) is 1. The predicted molar refractivity (Wildman–Crippen MR) is 66.1 cm³/mol. The van der Waals surface area contributed by atoms with Crippen LogP contribution in [0.2, 0.25) is 0 Å². The van der Waals surface area contributed by atoms with Gasteiger partial charge in [-0.05, 0) is 18.2 Å². The van der Waals surface area contributed by atoms with Crippen LogP contribution in [0.4, 0.5) is 0 Å². The van der Waals surface area contributed by atoms with E-state index in [-0.39, 0.29) is 0 Å². The molecule has 4 heteroatoms. The molecule has 17 heavy (non-hydrogen) atoms. The fraction of sp³-hybridized carbons (Fsp3) is 0.154.